The van der Waals surface area contributed by atoms with Gasteiger partial charge in [-0.1, -0.05) is 94.4 Å². The summed E-state index contributed by atoms with van der Waals surface area (Å²) in [5.74, 6) is 2.64. The molecule has 0 aliphatic heterocycles. The first-order valence-electron chi connectivity index (χ1n) is 17.6. The summed E-state index contributed by atoms with van der Waals surface area (Å²) in [6.07, 6.45) is 7.40. The van der Waals surface area contributed by atoms with E-state index in [0.29, 0.717) is 17.4 Å². The second kappa shape index (κ2) is 15.2. The maximum Gasteiger partial charge on any atom is 2.00 e. The molecule has 0 aliphatic carbocycles. The minimum Gasteiger partial charge on any atom is -0.509 e. The van der Waals surface area contributed by atoms with Gasteiger partial charge in [0, 0.05) is 34.5 Å². The molecular formula is C44H44N4OPt. The van der Waals surface area contributed by atoms with Crippen molar-refractivity contribution in [2.45, 2.75) is 79.6 Å². The van der Waals surface area contributed by atoms with Gasteiger partial charge in [0.2, 0.25) is 0 Å². The van der Waals surface area contributed by atoms with Crippen molar-refractivity contribution in [1.29, 1.82) is 0 Å². The van der Waals surface area contributed by atoms with Crippen molar-refractivity contribution in [1.82, 2.24) is 19.3 Å². The Kier molecular flexibility index (Phi) is 10.7. The van der Waals surface area contributed by atoms with Gasteiger partial charge in [0.05, 0.1) is 5.69 Å². The number of unbranched alkanes of at least 4 members (excludes halogenated alkanes) is 2. The molecule has 0 bridgehead atoms. The fraction of sp³-hybridized carbons (Fsp3) is 0.273. The molecule has 256 valence electrons. The van der Waals surface area contributed by atoms with Gasteiger partial charge in [-0.2, -0.15) is 16.7 Å². The predicted octanol–water partition coefficient (Wildman–Crippen LogP) is 11.6. The molecule has 0 saturated heterocycles. The summed E-state index contributed by atoms with van der Waals surface area (Å²) in [6, 6.07) is 37.2. The number of hydrogen-bond acceptors (Lipinski definition) is 3. The molecule has 0 fully saturated rings. The average molecular weight is 840 g/mol. The van der Waals surface area contributed by atoms with Gasteiger partial charge in [0.15, 0.2) is 0 Å². The largest absolute Gasteiger partial charge is 2.00 e. The number of rotatable bonds is 11. The van der Waals surface area contributed by atoms with Crippen molar-refractivity contribution in [3.05, 3.63) is 131 Å². The molecule has 0 amide bonds. The van der Waals surface area contributed by atoms with E-state index in [9.17, 15) is 0 Å². The van der Waals surface area contributed by atoms with Crippen LogP contribution in [0.1, 0.15) is 80.5 Å². The maximum absolute atomic E-state index is 6.66. The van der Waals surface area contributed by atoms with Crippen LogP contribution < -0.4 is 4.74 Å². The van der Waals surface area contributed by atoms with Gasteiger partial charge in [-0.3, -0.25) is 4.68 Å². The fourth-order valence-electron chi connectivity index (χ4n) is 6.92. The van der Waals surface area contributed by atoms with Gasteiger partial charge in [0.1, 0.15) is 5.82 Å². The van der Waals surface area contributed by atoms with E-state index in [2.05, 4.69) is 125 Å². The van der Waals surface area contributed by atoms with Crippen LogP contribution >= 0.6 is 0 Å². The van der Waals surface area contributed by atoms with Gasteiger partial charge >= 0.3 is 21.1 Å². The molecule has 0 aliphatic rings. The zero-order chi connectivity index (χ0) is 34.1. The number of ether oxygens (including phenoxy) is 1. The van der Waals surface area contributed by atoms with Crippen molar-refractivity contribution in [3.63, 3.8) is 0 Å². The van der Waals surface area contributed by atoms with Crippen molar-refractivity contribution in [2.24, 2.45) is 0 Å². The normalized spacial score (nSPS) is 12.0. The van der Waals surface area contributed by atoms with E-state index >= 15 is 0 Å². The second-order valence-electron chi connectivity index (χ2n) is 13.3. The number of nitrogens with zero attached hydrogens (tertiary/aromatic N) is 4. The monoisotopic (exact) mass is 839 g/mol. The van der Waals surface area contributed by atoms with Crippen LogP contribution in [0.15, 0.2) is 91.1 Å². The number of benzene rings is 4. The minimum absolute atomic E-state index is 0. The van der Waals surface area contributed by atoms with Gasteiger partial charge in [-0.15, -0.1) is 35.7 Å². The molecule has 7 rings (SSSR count). The minimum atomic E-state index is 0. The molecule has 6 heteroatoms. The molecule has 0 N–H and O–H groups in total. The molecule has 7 aromatic rings. The van der Waals surface area contributed by atoms with Crippen LogP contribution in [-0.4, -0.2) is 19.3 Å². The van der Waals surface area contributed by atoms with Crippen molar-refractivity contribution in [3.8, 4) is 34.1 Å². The van der Waals surface area contributed by atoms with Gasteiger partial charge in [-0.05, 0) is 79.1 Å². The predicted molar refractivity (Wildman–Crippen MR) is 201 cm³/mol. The summed E-state index contributed by atoms with van der Waals surface area (Å²) in [7, 11) is 0. The third-order valence-electron chi connectivity index (χ3n) is 9.75. The van der Waals surface area contributed by atoms with Crippen molar-refractivity contribution < 1.29 is 25.8 Å². The van der Waals surface area contributed by atoms with E-state index in [1.165, 1.54) is 29.4 Å². The topological polar surface area (TPSA) is 44.9 Å². The Morgan fingerprint density at radius 2 is 1.64 bits per heavy atom. The Morgan fingerprint density at radius 3 is 2.40 bits per heavy atom. The van der Waals surface area contributed by atoms with Crippen LogP contribution in [0.4, 0.5) is 0 Å². The van der Waals surface area contributed by atoms with Crippen LogP contribution in [0.2, 0.25) is 0 Å². The first-order valence-corrected chi connectivity index (χ1v) is 17.6. The van der Waals surface area contributed by atoms with E-state index in [0.717, 1.165) is 75.3 Å². The second-order valence-corrected chi connectivity index (χ2v) is 13.3. The van der Waals surface area contributed by atoms with E-state index < -0.39 is 0 Å². The maximum atomic E-state index is 6.66. The Labute approximate surface area is 310 Å². The molecule has 3 heterocycles. The van der Waals surface area contributed by atoms with E-state index in [-0.39, 0.29) is 21.1 Å². The van der Waals surface area contributed by atoms with Crippen LogP contribution in [0.25, 0.3) is 44.4 Å². The standard InChI is InChI=1S/C44H44N4O.Pt/c1-7-9-11-14-33-24-36(48-32(6)44(31(5)46-48)34-15-12-10-13-16-34)27-38(25-33)49-37-18-19-39-40-26-35(30(4)8-2)17-20-41(40)47(42(39)28-37)43-23-29(3)21-22-45-43;/h10,12-13,15-26,30H,7-9,11,14H2,1-6H3;/q-2;+2. The van der Waals surface area contributed by atoms with Crippen LogP contribution in [0.5, 0.6) is 11.5 Å². The number of fused-ring (bicyclic) bond motifs is 3. The first kappa shape index (κ1) is 35.4. The fourth-order valence-corrected chi connectivity index (χ4v) is 6.92. The Balaban J connectivity index is 0.00000432. The zero-order valence-electron chi connectivity index (χ0n) is 29.8. The molecule has 1 atom stereocenters. The molecule has 4 aromatic carbocycles. The zero-order valence-corrected chi connectivity index (χ0v) is 32.1. The number of aromatic nitrogens is 4. The molecule has 50 heavy (non-hydrogen) atoms. The van der Waals surface area contributed by atoms with E-state index in [1.807, 2.05) is 29.1 Å². The number of aryl methyl sites for hydroxylation is 3. The quantitative estimate of drug-likeness (QED) is 0.0963. The first-order chi connectivity index (χ1) is 23.8. The average Bonchev–Trinajstić information content (AvgIpc) is 3.60. The number of pyridine rings is 1. The van der Waals surface area contributed by atoms with Crippen LogP contribution in [-0.2, 0) is 27.5 Å². The summed E-state index contributed by atoms with van der Waals surface area (Å²) in [5.41, 5.74) is 11.0. The van der Waals surface area contributed by atoms with Crippen molar-refractivity contribution >= 4 is 21.8 Å². The summed E-state index contributed by atoms with van der Waals surface area (Å²) in [4.78, 5) is 4.79. The SMILES string of the molecule is CCCCCc1cc(Oc2[c-]c3c(cc2)c2cc(C(C)CC)ccc2n3-c2cc(C)ccn2)[c-]c(-n2nc(C)c(-c3ccccc3)c2C)c1.[Pt+2]. The van der Waals surface area contributed by atoms with Gasteiger partial charge in [0.25, 0.3) is 0 Å². The molecule has 0 spiro atoms. The van der Waals surface area contributed by atoms with Gasteiger partial charge < -0.3 is 9.30 Å². The molecule has 1 unspecified atom stereocenters. The van der Waals surface area contributed by atoms with Crippen LogP contribution in [0, 0.1) is 32.9 Å². The van der Waals surface area contributed by atoms with Crippen LogP contribution in [0.3, 0.4) is 0 Å². The summed E-state index contributed by atoms with van der Waals surface area (Å²) < 4.78 is 10.9. The van der Waals surface area contributed by atoms with E-state index in [1.54, 1.807) is 0 Å². The Hall–Kier alpha value is -4.47. The Morgan fingerprint density at radius 1 is 0.820 bits per heavy atom. The summed E-state index contributed by atoms with van der Waals surface area (Å²) >= 11 is 0. The molecule has 0 radical (unpaired) electrons. The molecule has 0 saturated carbocycles. The molecular weight excluding hydrogens is 796 g/mol. The molecule has 3 aromatic heterocycles. The molecule has 5 nitrogen and oxygen atoms in total. The summed E-state index contributed by atoms with van der Waals surface area (Å²) in [6.45, 7) is 13.1. The summed E-state index contributed by atoms with van der Waals surface area (Å²) in [5, 5.41) is 7.33. The number of hydrogen-bond donors (Lipinski definition) is 0. The van der Waals surface area contributed by atoms with Gasteiger partial charge in [-0.25, -0.2) is 4.98 Å². The van der Waals surface area contributed by atoms with E-state index in [4.69, 9.17) is 14.8 Å². The Bertz CT molecular complexity index is 2270. The third kappa shape index (κ3) is 6.94. The third-order valence-corrected chi connectivity index (χ3v) is 9.75. The smallest absolute Gasteiger partial charge is 0.509 e. The van der Waals surface area contributed by atoms with Crippen molar-refractivity contribution in [2.75, 3.05) is 0 Å².